The zero-order chi connectivity index (χ0) is 23.0. The molecule has 3 saturated heterocycles. The highest BCUT2D eigenvalue weighted by molar-refractivity contribution is 14.0. The standard InChI is InChI=1S/C24H43N5O3.HI/c1-20(2)17-22(31)28-14-12-27(13-15-28)21(30)7-5-4-6-10-26-23(25-3)29-11-8-24(18-29)9-16-32-19-24;/h20H,4-19H2,1-3H3,(H,25,26);1H. The fraction of sp³-hybridized carbons (Fsp3) is 0.875. The van der Waals surface area contributed by atoms with E-state index in [1.54, 1.807) is 0 Å². The summed E-state index contributed by atoms with van der Waals surface area (Å²) < 4.78 is 5.63. The number of hydrogen-bond donors (Lipinski definition) is 1. The summed E-state index contributed by atoms with van der Waals surface area (Å²) in [5, 5.41) is 3.50. The molecule has 1 unspecified atom stereocenters. The van der Waals surface area contributed by atoms with Crippen LogP contribution in [0.15, 0.2) is 4.99 Å². The molecular formula is C24H44IN5O3. The monoisotopic (exact) mass is 577 g/mol. The molecule has 9 heteroatoms. The lowest BCUT2D eigenvalue weighted by Gasteiger charge is -2.35. The molecule has 0 bridgehead atoms. The normalized spacial score (nSPS) is 23.4. The van der Waals surface area contributed by atoms with Crippen molar-refractivity contribution in [2.24, 2.45) is 16.3 Å². The molecular weight excluding hydrogens is 533 g/mol. The predicted molar refractivity (Wildman–Crippen MR) is 142 cm³/mol. The average molecular weight is 578 g/mol. The number of aliphatic imine (C=N–C) groups is 1. The smallest absolute Gasteiger partial charge is 0.222 e. The molecule has 8 nitrogen and oxygen atoms in total. The van der Waals surface area contributed by atoms with Gasteiger partial charge in [0.2, 0.25) is 11.8 Å². The first kappa shape index (κ1) is 28.1. The van der Waals surface area contributed by atoms with E-state index in [0.717, 1.165) is 64.5 Å². The number of ether oxygens (including phenoxy) is 1. The number of unbranched alkanes of at least 4 members (excludes halogenated alkanes) is 2. The number of amides is 2. The van der Waals surface area contributed by atoms with E-state index < -0.39 is 0 Å². The fourth-order valence-corrected chi connectivity index (χ4v) is 5.04. The Labute approximate surface area is 216 Å². The molecule has 0 aromatic carbocycles. The van der Waals surface area contributed by atoms with Crippen LogP contribution in [0.3, 0.4) is 0 Å². The van der Waals surface area contributed by atoms with E-state index in [0.29, 0.717) is 50.4 Å². The Hall–Kier alpha value is -1.10. The summed E-state index contributed by atoms with van der Waals surface area (Å²) in [6.45, 7) is 11.6. The van der Waals surface area contributed by atoms with Gasteiger partial charge in [0.1, 0.15) is 0 Å². The lowest BCUT2D eigenvalue weighted by Crippen LogP contribution is -2.50. The molecule has 1 N–H and O–H groups in total. The number of carbonyl (C=O) groups excluding carboxylic acids is 2. The summed E-state index contributed by atoms with van der Waals surface area (Å²) >= 11 is 0. The zero-order valence-corrected chi connectivity index (χ0v) is 23.1. The van der Waals surface area contributed by atoms with Crippen LogP contribution in [0.1, 0.15) is 58.8 Å². The number of guanidine groups is 1. The Kier molecular flexibility index (Phi) is 11.7. The number of likely N-dealkylation sites (tertiary alicyclic amines) is 1. The van der Waals surface area contributed by atoms with Crippen LogP contribution >= 0.6 is 24.0 Å². The predicted octanol–water partition coefficient (Wildman–Crippen LogP) is 2.57. The van der Waals surface area contributed by atoms with Crippen molar-refractivity contribution in [1.82, 2.24) is 20.0 Å². The average Bonchev–Trinajstić information content (AvgIpc) is 3.42. The van der Waals surface area contributed by atoms with E-state index in [1.807, 2.05) is 16.8 Å². The van der Waals surface area contributed by atoms with Gasteiger partial charge in [-0.05, 0) is 31.6 Å². The van der Waals surface area contributed by atoms with E-state index in [9.17, 15) is 9.59 Å². The third-order valence-electron chi connectivity index (χ3n) is 7.05. The van der Waals surface area contributed by atoms with Gasteiger partial charge in [-0.15, -0.1) is 24.0 Å². The molecule has 3 heterocycles. The number of hydrogen-bond acceptors (Lipinski definition) is 4. The minimum atomic E-state index is 0. The van der Waals surface area contributed by atoms with Crippen molar-refractivity contribution >= 4 is 41.8 Å². The van der Waals surface area contributed by atoms with Gasteiger partial charge < -0.3 is 24.8 Å². The second-order valence-corrected chi connectivity index (χ2v) is 10.1. The number of piperazine rings is 1. The highest BCUT2D eigenvalue weighted by Crippen LogP contribution is 2.38. The van der Waals surface area contributed by atoms with Gasteiger partial charge in [0.25, 0.3) is 0 Å². The maximum atomic E-state index is 12.5. The zero-order valence-electron chi connectivity index (χ0n) is 20.8. The van der Waals surface area contributed by atoms with Gasteiger partial charge in [-0.3, -0.25) is 14.6 Å². The second kappa shape index (κ2) is 13.7. The van der Waals surface area contributed by atoms with E-state index in [1.165, 1.54) is 6.42 Å². The van der Waals surface area contributed by atoms with Gasteiger partial charge in [0, 0.05) is 77.7 Å². The molecule has 1 atom stereocenters. The Morgan fingerprint density at radius 2 is 1.67 bits per heavy atom. The number of rotatable bonds is 8. The quantitative estimate of drug-likeness (QED) is 0.208. The van der Waals surface area contributed by atoms with Crippen molar-refractivity contribution in [3.63, 3.8) is 0 Å². The van der Waals surface area contributed by atoms with Crippen molar-refractivity contribution in [3.05, 3.63) is 0 Å². The van der Waals surface area contributed by atoms with Gasteiger partial charge in [0.05, 0.1) is 6.61 Å². The van der Waals surface area contributed by atoms with Gasteiger partial charge in [-0.2, -0.15) is 0 Å². The molecule has 3 aliphatic rings. The van der Waals surface area contributed by atoms with Gasteiger partial charge in [-0.25, -0.2) is 0 Å². The molecule has 0 saturated carbocycles. The molecule has 0 radical (unpaired) electrons. The van der Waals surface area contributed by atoms with Crippen LogP contribution in [0.2, 0.25) is 0 Å². The molecule has 33 heavy (non-hydrogen) atoms. The lowest BCUT2D eigenvalue weighted by atomic mass is 9.87. The molecule has 190 valence electrons. The van der Waals surface area contributed by atoms with Crippen LogP contribution < -0.4 is 5.32 Å². The maximum Gasteiger partial charge on any atom is 0.222 e. The first-order chi connectivity index (χ1) is 15.4. The minimum absolute atomic E-state index is 0. The summed E-state index contributed by atoms with van der Waals surface area (Å²) in [5.41, 5.74) is 0.338. The molecule has 0 aromatic rings. The van der Waals surface area contributed by atoms with Crippen LogP contribution in [0.4, 0.5) is 0 Å². The van der Waals surface area contributed by atoms with Crippen molar-refractivity contribution in [1.29, 1.82) is 0 Å². The van der Waals surface area contributed by atoms with Gasteiger partial charge >= 0.3 is 0 Å². The third-order valence-corrected chi connectivity index (χ3v) is 7.05. The SMILES string of the molecule is CN=C(NCCCCCC(=O)N1CCN(C(=O)CC(C)C)CC1)N1CCC2(CCOC2)C1.I. The lowest BCUT2D eigenvalue weighted by molar-refractivity contribution is -0.140. The molecule has 3 rings (SSSR count). The Balaban J connectivity index is 0.00000385. The third kappa shape index (κ3) is 8.26. The summed E-state index contributed by atoms with van der Waals surface area (Å²) in [6, 6.07) is 0. The number of nitrogens with one attached hydrogen (secondary N) is 1. The number of nitrogens with zero attached hydrogens (tertiary/aromatic N) is 4. The maximum absolute atomic E-state index is 12.5. The Bertz CT molecular complexity index is 658. The van der Waals surface area contributed by atoms with Crippen molar-refractivity contribution in [2.45, 2.75) is 58.8 Å². The van der Waals surface area contributed by atoms with Crippen LogP contribution in [0.5, 0.6) is 0 Å². The summed E-state index contributed by atoms with van der Waals surface area (Å²) in [6.07, 6.45) is 6.53. The van der Waals surface area contributed by atoms with Gasteiger partial charge in [0.15, 0.2) is 5.96 Å². The molecule has 3 fully saturated rings. The highest BCUT2D eigenvalue weighted by Gasteiger charge is 2.42. The molecule has 3 aliphatic heterocycles. The highest BCUT2D eigenvalue weighted by atomic mass is 127. The van der Waals surface area contributed by atoms with E-state index in [-0.39, 0.29) is 35.8 Å². The Morgan fingerprint density at radius 1 is 0.970 bits per heavy atom. The first-order valence-electron chi connectivity index (χ1n) is 12.5. The summed E-state index contributed by atoms with van der Waals surface area (Å²) in [7, 11) is 1.85. The topological polar surface area (TPSA) is 77.5 Å². The van der Waals surface area contributed by atoms with Crippen LogP contribution in [-0.2, 0) is 14.3 Å². The van der Waals surface area contributed by atoms with Crippen molar-refractivity contribution < 1.29 is 14.3 Å². The first-order valence-corrected chi connectivity index (χ1v) is 12.5. The molecule has 0 aliphatic carbocycles. The van der Waals surface area contributed by atoms with Crippen molar-refractivity contribution in [2.75, 3.05) is 66.1 Å². The minimum Gasteiger partial charge on any atom is -0.381 e. The van der Waals surface area contributed by atoms with Crippen molar-refractivity contribution in [3.8, 4) is 0 Å². The van der Waals surface area contributed by atoms with Crippen LogP contribution in [0, 0.1) is 11.3 Å². The van der Waals surface area contributed by atoms with E-state index in [4.69, 9.17) is 4.74 Å². The number of carbonyl (C=O) groups is 2. The largest absolute Gasteiger partial charge is 0.381 e. The Morgan fingerprint density at radius 3 is 2.27 bits per heavy atom. The number of halogens is 1. The van der Waals surface area contributed by atoms with E-state index in [2.05, 4.69) is 29.1 Å². The molecule has 0 aromatic heterocycles. The molecule has 1 spiro atoms. The van der Waals surface area contributed by atoms with E-state index >= 15 is 0 Å². The summed E-state index contributed by atoms with van der Waals surface area (Å²) in [4.78, 5) is 35.3. The second-order valence-electron chi connectivity index (χ2n) is 10.1. The summed E-state index contributed by atoms with van der Waals surface area (Å²) in [5.74, 6) is 1.82. The fourth-order valence-electron chi connectivity index (χ4n) is 5.04. The van der Waals surface area contributed by atoms with Gasteiger partial charge in [-0.1, -0.05) is 20.3 Å². The van der Waals surface area contributed by atoms with Crippen LogP contribution in [0.25, 0.3) is 0 Å². The molecule has 2 amide bonds. The van der Waals surface area contributed by atoms with Crippen LogP contribution in [-0.4, -0.2) is 98.5 Å².